The molecule has 0 heterocycles. The van der Waals surface area contributed by atoms with E-state index in [1.54, 1.807) is 0 Å². The predicted octanol–water partition coefficient (Wildman–Crippen LogP) is 9.40. The standard InChI is InChI=1S/C26H47N.ClH/c1-4-5-6-7-8-9-10-11-12-13-14-15-16-17-18-19-20-27-26-22-24(2)21-25(3)23-26;/h21-23,27H,4-20H2,1-3H3;1H. The van der Waals surface area contributed by atoms with Crippen LogP contribution in [0.3, 0.4) is 0 Å². The number of unbranched alkanes of at least 4 members (excludes halogenated alkanes) is 15. The lowest BCUT2D eigenvalue weighted by Gasteiger charge is -2.08. The highest BCUT2D eigenvalue weighted by atomic mass is 35.5. The molecular formula is C26H48ClN. The molecule has 0 bridgehead atoms. The van der Waals surface area contributed by atoms with Gasteiger partial charge < -0.3 is 5.32 Å². The normalized spacial score (nSPS) is 10.7. The largest absolute Gasteiger partial charge is 0.385 e. The first kappa shape index (κ1) is 27.3. The lowest BCUT2D eigenvalue weighted by Crippen LogP contribution is -2.01. The van der Waals surface area contributed by atoms with E-state index in [1.165, 1.54) is 120 Å². The van der Waals surface area contributed by atoms with E-state index in [4.69, 9.17) is 0 Å². The van der Waals surface area contributed by atoms with Crippen LogP contribution in [-0.4, -0.2) is 6.54 Å². The second-order valence-corrected chi connectivity index (χ2v) is 8.61. The average molecular weight is 410 g/mol. The Morgan fingerprint density at radius 2 is 0.893 bits per heavy atom. The molecule has 2 heteroatoms. The van der Waals surface area contributed by atoms with Gasteiger partial charge >= 0.3 is 0 Å². The molecule has 0 aromatic heterocycles. The number of halogens is 1. The quantitative estimate of drug-likeness (QED) is 0.238. The van der Waals surface area contributed by atoms with Crippen LogP contribution in [0.2, 0.25) is 0 Å². The van der Waals surface area contributed by atoms with Crippen molar-refractivity contribution in [1.29, 1.82) is 0 Å². The summed E-state index contributed by atoms with van der Waals surface area (Å²) in [5, 5.41) is 3.58. The van der Waals surface area contributed by atoms with Gasteiger partial charge in [-0.1, -0.05) is 109 Å². The van der Waals surface area contributed by atoms with Gasteiger partial charge in [-0.15, -0.1) is 12.4 Å². The Labute approximate surface area is 182 Å². The molecule has 0 saturated carbocycles. The van der Waals surface area contributed by atoms with Gasteiger partial charge in [-0.2, -0.15) is 0 Å². The lowest BCUT2D eigenvalue weighted by molar-refractivity contribution is 0.530. The molecule has 0 unspecified atom stereocenters. The SMILES string of the molecule is CCCCCCCCCCCCCCCCCCNc1cc(C)cc(C)c1.Cl. The molecule has 0 aliphatic heterocycles. The molecule has 0 radical (unpaired) electrons. The fourth-order valence-electron chi connectivity index (χ4n) is 3.98. The molecule has 0 amide bonds. The summed E-state index contributed by atoms with van der Waals surface area (Å²) in [6, 6.07) is 6.73. The van der Waals surface area contributed by atoms with Crippen molar-refractivity contribution in [2.24, 2.45) is 0 Å². The highest BCUT2D eigenvalue weighted by Crippen LogP contribution is 2.15. The van der Waals surface area contributed by atoms with Gasteiger partial charge in [0, 0.05) is 12.2 Å². The van der Waals surface area contributed by atoms with Crippen LogP contribution in [-0.2, 0) is 0 Å². The smallest absolute Gasteiger partial charge is 0.0345 e. The molecule has 0 atom stereocenters. The maximum absolute atomic E-state index is 3.58. The van der Waals surface area contributed by atoms with Crippen LogP contribution in [0.15, 0.2) is 18.2 Å². The summed E-state index contributed by atoms with van der Waals surface area (Å²) >= 11 is 0. The third-order valence-electron chi connectivity index (χ3n) is 5.58. The van der Waals surface area contributed by atoms with Crippen LogP contribution in [0.5, 0.6) is 0 Å². The summed E-state index contributed by atoms with van der Waals surface area (Å²) in [5.74, 6) is 0. The van der Waals surface area contributed by atoms with E-state index < -0.39 is 0 Å². The molecule has 164 valence electrons. The van der Waals surface area contributed by atoms with E-state index in [0.29, 0.717) is 0 Å². The van der Waals surface area contributed by atoms with Gasteiger partial charge in [0.25, 0.3) is 0 Å². The van der Waals surface area contributed by atoms with Crippen molar-refractivity contribution in [3.05, 3.63) is 29.3 Å². The third-order valence-corrected chi connectivity index (χ3v) is 5.58. The van der Waals surface area contributed by atoms with E-state index in [-0.39, 0.29) is 12.4 Å². The molecule has 0 spiro atoms. The summed E-state index contributed by atoms with van der Waals surface area (Å²) in [6.07, 6.45) is 22.9. The molecule has 1 rings (SSSR count). The first-order chi connectivity index (χ1) is 13.2. The highest BCUT2D eigenvalue weighted by Gasteiger charge is 1.97. The number of rotatable bonds is 18. The fourth-order valence-corrected chi connectivity index (χ4v) is 3.98. The average Bonchev–Trinajstić information content (AvgIpc) is 2.63. The fraction of sp³-hybridized carbons (Fsp3) is 0.769. The zero-order chi connectivity index (χ0) is 19.6. The summed E-state index contributed by atoms with van der Waals surface area (Å²) in [4.78, 5) is 0. The van der Waals surface area contributed by atoms with Gasteiger partial charge in [-0.3, -0.25) is 0 Å². The maximum Gasteiger partial charge on any atom is 0.0345 e. The zero-order valence-electron chi connectivity index (χ0n) is 19.2. The van der Waals surface area contributed by atoms with E-state index in [0.717, 1.165) is 6.54 Å². The van der Waals surface area contributed by atoms with E-state index in [1.807, 2.05) is 0 Å². The summed E-state index contributed by atoms with van der Waals surface area (Å²) in [5.41, 5.74) is 3.99. The number of hydrogen-bond acceptors (Lipinski definition) is 1. The van der Waals surface area contributed by atoms with Crippen molar-refractivity contribution < 1.29 is 0 Å². The molecule has 1 nitrogen and oxygen atoms in total. The Hall–Kier alpha value is -0.690. The highest BCUT2D eigenvalue weighted by molar-refractivity contribution is 5.85. The molecule has 1 aromatic carbocycles. The third kappa shape index (κ3) is 16.3. The first-order valence-corrected chi connectivity index (χ1v) is 12.0. The molecular weight excluding hydrogens is 362 g/mol. The van der Waals surface area contributed by atoms with Crippen LogP contribution < -0.4 is 5.32 Å². The van der Waals surface area contributed by atoms with Gasteiger partial charge in [-0.05, 0) is 43.5 Å². The van der Waals surface area contributed by atoms with Crippen molar-refractivity contribution in [2.45, 2.75) is 124 Å². The maximum atomic E-state index is 3.58. The molecule has 1 aromatic rings. The van der Waals surface area contributed by atoms with E-state index in [2.05, 4.69) is 44.3 Å². The Kier molecular flexibility index (Phi) is 19.1. The minimum atomic E-state index is 0. The Morgan fingerprint density at radius 1 is 0.536 bits per heavy atom. The van der Waals surface area contributed by atoms with Crippen molar-refractivity contribution in [3.8, 4) is 0 Å². The monoisotopic (exact) mass is 409 g/mol. The number of anilines is 1. The van der Waals surface area contributed by atoms with Crippen LogP contribution in [0.4, 0.5) is 5.69 Å². The van der Waals surface area contributed by atoms with Gasteiger partial charge in [-0.25, -0.2) is 0 Å². The number of benzene rings is 1. The molecule has 0 aliphatic rings. The zero-order valence-corrected chi connectivity index (χ0v) is 20.0. The van der Waals surface area contributed by atoms with Crippen molar-refractivity contribution >= 4 is 18.1 Å². The van der Waals surface area contributed by atoms with Crippen LogP contribution >= 0.6 is 12.4 Å². The van der Waals surface area contributed by atoms with Gasteiger partial charge in [0.1, 0.15) is 0 Å². The lowest BCUT2D eigenvalue weighted by atomic mass is 10.0. The number of aryl methyl sites for hydroxylation is 2. The second-order valence-electron chi connectivity index (χ2n) is 8.61. The Morgan fingerprint density at radius 3 is 1.29 bits per heavy atom. The van der Waals surface area contributed by atoms with Gasteiger partial charge in [0.15, 0.2) is 0 Å². The minimum absolute atomic E-state index is 0. The van der Waals surface area contributed by atoms with Crippen molar-refractivity contribution in [2.75, 3.05) is 11.9 Å². The van der Waals surface area contributed by atoms with E-state index in [9.17, 15) is 0 Å². The van der Waals surface area contributed by atoms with E-state index >= 15 is 0 Å². The van der Waals surface area contributed by atoms with Crippen LogP contribution in [0.1, 0.15) is 121 Å². The first-order valence-electron chi connectivity index (χ1n) is 12.0. The van der Waals surface area contributed by atoms with Crippen molar-refractivity contribution in [3.63, 3.8) is 0 Å². The molecule has 1 N–H and O–H groups in total. The Balaban J connectivity index is 0.00000729. The summed E-state index contributed by atoms with van der Waals surface area (Å²) in [7, 11) is 0. The van der Waals surface area contributed by atoms with Gasteiger partial charge in [0.2, 0.25) is 0 Å². The van der Waals surface area contributed by atoms with Crippen LogP contribution in [0.25, 0.3) is 0 Å². The number of hydrogen-bond donors (Lipinski definition) is 1. The summed E-state index contributed by atoms with van der Waals surface area (Å²) in [6.45, 7) is 7.76. The topological polar surface area (TPSA) is 12.0 Å². The van der Waals surface area contributed by atoms with Crippen molar-refractivity contribution in [1.82, 2.24) is 0 Å². The molecule has 0 fully saturated rings. The van der Waals surface area contributed by atoms with Gasteiger partial charge in [0.05, 0.1) is 0 Å². The Bertz CT molecular complexity index is 437. The predicted molar refractivity (Wildman–Crippen MR) is 131 cm³/mol. The number of nitrogens with one attached hydrogen (secondary N) is 1. The van der Waals surface area contributed by atoms with Crippen LogP contribution in [0, 0.1) is 13.8 Å². The second kappa shape index (κ2) is 19.6. The minimum Gasteiger partial charge on any atom is -0.385 e. The molecule has 0 saturated heterocycles. The summed E-state index contributed by atoms with van der Waals surface area (Å²) < 4.78 is 0. The molecule has 28 heavy (non-hydrogen) atoms. The molecule has 0 aliphatic carbocycles.